The number of nitrogens with one attached hydrogen (secondary N) is 1. The zero-order valence-corrected chi connectivity index (χ0v) is 12.8. The van der Waals surface area contributed by atoms with Gasteiger partial charge in [0.05, 0.1) is 5.69 Å². The Morgan fingerprint density at radius 1 is 0.957 bits per heavy atom. The Morgan fingerprint density at radius 2 is 1.78 bits per heavy atom. The Kier molecular flexibility index (Phi) is 3.08. The molecule has 1 amide bonds. The van der Waals surface area contributed by atoms with E-state index in [2.05, 4.69) is 24.4 Å². The third kappa shape index (κ3) is 2.16. The highest BCUT2D eigenvalue weighted by Gasteiger charge is 2.28. The van der Waals surface area contributed by atoms with E-state index in [0.29, 0.717) is 6.42 Å². The molecule has 0 bridgehead atoms. The van der Waals surface area contributed by atoms with Crippen LogP contribution in [0.25, 0.3) is 10.8 Å². The zero-order valence-electron chi connectivity index (χ0n) is 12.8. The van der Waals surface area contributed by atoms with Crippen LogP contribution in [0.2, 0.25) is 0 Å². The number of aromatic hydroxyl groups is 1. The van der Waals surface area contributed by atoms with Gasteiger partial charge in [-0.05, 0) is 29.7 Å². The SMILES string of the molecule is Cc1ccccc1[C@H]1CC(=O)Nc2c1ccc1c(O)cccc21. The summed E-state index contributed by atoms with van der Waals surface area (Å²) in [5, 5.41) is 14.7. The van der Waals surface area contributed by atoms with Crippen LogP contribution in [-0.2, 0) is 4.79 Å². The molecule has 114 valence electrons. The third-order valence-corrected chi connectivity index (χ3v) is 4.66. The number of carbonyl (C=O) groups excluding carboxylic acids is 1. The van der Waals surface area contributed by atoms with Gasteiger partial charge in [0.1, 0.15) is 5.75 Å². The fourth-order valence-electron chi connectivity index (χ4n) is 3.53. The van der Waals surface area contributed by atoms with Crippen LogP contribution in [0.5, 0.6) is 5.75 Å². The molecule has 3 nitrogen and oxygen atoms in total. The first-order valence-electron chi connectivity index (χ1n) is 7.75. The van der Waals surface area contributed by atoms with Crippen LogP contribution in [0.4, 0.5) is 5.69 Å². The van der Waals surface area contributed by atoms with E-state index in [4.69, 9.17) is 0 Å². The normalized spacial score (nSPS) is 16.9. The molecule has 23 heavy (non-hydrogen) atoms. The van der Waals surface area contributed by atoms with Crippen molar-refractivity contribution in [3.63, 3.8) is 0 Å². The molecule has 1 atom stereocenters. The van der Waals surface area contributed by atoms with Crippen LogP contribution < -0.4 is 5.32 Å². The third-order valence-electron chi connectivity index (χ3n) is 4.66. The van der Waals surface area contributed by atoms with Crippen molar-refractivity contribution in [1.29, 1.82) is 0 Å². The Morgan fingerprint density at radius 3 is 2.61 bits per heavy atom. The number of aryl methyl sites for hydroxylation is 1. The molecule has 4 rings (SSSR count). The molecule has 0 saturated heterocycles. The lowest BCUT2D eigenvalue weighted by Crippen LogP contribution is -2.24. The molecule has 1 aliphatic heterocycles. The molecule has 0 saturated carbocycles. The number of hydrogen-bond acceptors (Lipinski definition) is 2. The molecule has 2 N–H and O–H groups in total. The van der Waals surface area contributed by atoms with Crippen LogP contribution in [-0.4, -0.2) is 11.0 Å². The smallest absolute Gasteiger partial charge is 0.225 e. The number of hydrogen-bond donors (Lipinski definition) is 2. The van der Waals surface area contributed by atoms with Gasteiger partial charge in [0.15, 0.2) is 0 Å². The quantitative estimate of drug-likeness (QED) is 0.703. The van der Waals surface area contributed by atoms with Gasteiger partial charge in [0.25, 0.3) is 0 Å². The predicted molar refractivity (Wildman–Crippen MR) is 91.9 cm³/mol. The van der Waals surface area contributed by atoms with E-state index in [0.717, 1.165) is 22.0 Å². The minimum Gasteiger partial charge on any atom is -0.507 e. The van der Waals surface area contributed by atoms with Crippen LogP contribution >= 0.6 is 0 Å². The lowest BCUT2D eigenvalue weighted by Gasteiger charge is -2.28. The van der Waals surface area contributed by atoms with Gasteiger partial charge in [-0.15, -0.1) is 0 Å². The van der Waals surface area contributed by atoms with E-state index >= 15 is 0 Å². The average Bonchev–Trinajstić information content (AvgIpc) is 2.55. The van der Waals surface area contributed by atoms with Crippen molar-refractivity contribution in [3.8, 4) is 5.75 Å². The Bertz CT molecular complexity index is 930. The zero-order chi connectivity index (χ0) is 16.0. The summed E-state index contributed by atoms with van der Waals surface area (Å²) in [7, 11) is 0. The maximum Gasteiger partial charge on any atom is 0.225 e. The number of amides is 1. The molecule has 3 aromatic rings. The monoisotopic (exact) mass is 303 g/mol. The minimum atomic E-state index is 0.0154. The second-order valence-corrected chi connectivity index (χ2v) is 6.06. The van der Waals surface area contributed by atoms with E-state index in [1.165, 1.54) is 11.1 Å². The molecule has 3 heteroatoms. The van der Waals surface area contributed by atoms with Gasteiger partial charge in [0, 0.05) is 23.1 Å². The fourth-order valence-corrected chi connectivity index (χ4v) is 3.53. The number of phenolic OH excluding ortho intramolecular Hbond substituents is 1. The molecule has 0 spiro atoms. The standard InChI is InChI=1S/C20H17NO2/c1-12-5-2-3-6-13(12)17-11-19(23)21-20-15-7-4-8-18(22)14(15)9-10-16(17)20/h2-10,17,22H,11H2,1H3,(H,21,23)/t17-/m1/s1. The van der Waals surface area contributed by atoms with Gasteiger partial charge in [-0.3, -0.25) is 4.79 Å². The van der Waals surface area contributed by atoms with E-state index in [-0.39, 0.29) is 17.6 Å². The number of anilines is 1. The summed E-state index contributed by atoms with van der Waals surface area (Å²) >= 11 is 0. The number of rotatable bonds is 1. The fraction of sp³-hybridized carbons (Fsp3) is 0.150. The summed E-state index contributed by atoms with van der Waals surface area (Å²) in [6.45, 7) is 2.08. The maximum atomic E-state index is 12.3. The minimum absolute atomic E-state index is 0.0154. The summed E-state index contributed by atoms with van der Waals surface area (Å²) in [4.78, 5) is 12.3. The molecule has 0 aromatic heterocycles. The van der Waals surface area contributed by atoms with Crippen molar-refractivity contribution in [2.24, 2.45) is 0 Å². The van der Waals surface area contributed by atoms with E-state index in [1.807, 2.05) is 36.4 Å². The predicted octanol–water partition coefficient (Wildman–Crippen LogP) is 4.33. The first kappa shape index (κ1) is 13.8. The van der Waals surface area contributed by atoms with E-state index in [9.17, 15) is 9.90 Å². The van der Waals surface area contributed by atoms with E-state index < -0.39 is 0 Å². The second-order valence-electron chi connectivity index (χ2n) is 6.06. The Balaban J connectivity index is 1.98. The first-order chi connectivity index (χ1) is 11.1. The van der Waals surface area contributed by atoms with Crippen molar-refractivity contribution >= 4 is 22.4 Å². The van der Waals surface area contributed by atoms with Gasteiger partial charge in [-0.2, -0.15) is 0 Å². The topological polar surface area (TPSA) is 49.3 Å². The van der Waals surface area contributed by atoms with Gasteiger partial charge in [-0.1, -0.05) is 48.5 Å². The van der Waals surface area contributed by atoms with Gasteiger partial charge in [0.2, 0.25) is 5.91 Å². The summed E-state index contributed by atoms with van der Waals surface area (Å²) in [6, 6.07) is 17.6. The van der Waals surface area contributed by atoms with Crippen molar-refractivity contribution < 1.29 is 9.90 Å². The van der Waals surface area contributed by atoms with Crippen LogP contribution in [0.3, 0.4) is 0 Å². The molecule has 1 aliphatic rings. The van der Waals surface area contributed by atoms with Crippen molar-refractivity contribution in [2.75, 3.05) is 5.32 Å². The summed E-state index contributed by atoms with van der Waals surface area (Å²) < 4.78 is 0. The van der Waals surface area contributed by atoms with Gasteiger partial charge >= 0.3 is 0 Å². The molecule has 0 unspecified atom stereocenters. The number of carbonyl (C=O) groups is 1. The lowest BCUT2D eigenvalue weighted by molar-refractivity contribution is -0.116. The maximum absolute atomic E-state index is 12.3. The summed E-state index contributed by atoms with van der Waals surface area (Å²) in [5.41, 5.74) is 4.30. The van der Waals surface area contributed by atoms with Crippen molar-refractivity contribution in [1.82, 2.24) is 0 Å². The highest BCUT2D eigenvalue weighted by atomic mass is 16.3. The second kappa shape index (κ2) is 5.13. The molecule has 0 fully saturated rings. The van der Waals surface area contributed by atoms with Crippen LogP contribution in [0, 0.1) is 6.92 Å². The molecule has 0 aliphatic carbocycles. The summed E-state index contributed by atoms with van der Waals surface area (Å²) in [5.74, 6) is 0.297. The Labute approximate surface area is 134 Å². The number of benzene rings is 3. The lowest BCUT2D eigenvalue weighted by atomic mass is 9.81. The molecule has 3 aromatic carbocycles. The number of fused-ring (bicyclic) bond motifs is 3. The van der Waals surface area contributed by atoms with Gasteiger partial charge in [-0.25, -0.2) is 0 Å². The largest absolute Gasteiger partial charge is 0.507 e. The first-order valence-corrected chi connectivity index (χ1v) is 7.75. The highest BCUT2D eigenvalue weighted by Crippen LogP contribution is 2.43. The van der Waals surface area contributed by atoms with Crippen LogP contribution in [0.15, 0.2) is 54.6 Å². The molecular weight excluding hydrogens is 286 g/mol. The van der Waals surface area contributed by atoms with Crippen LogP contribution in [0.1, 0.15) is 29.0 Å². The molecule has 1 heterocycles. The van der Waals surface area contributed by atoms with Crippen molar-refractivity contribution in [3.05, 3.63) is 71.3 Å². The number of phenols is 1. The Hall–Kier alpha value is -2.81. The average molecular weight is 303 g/mol. The van der Waals surface area contributed by atoms with Crippen molar-refractivity contribution in [2.45, 2.75) is 19.3 Å². The molecular formula is C20H17NO2. The van der Waals surface area contributed by atoms with Gasteiger partial charge < -0.3 is 10.4 Å². The molecule has 0 radical (unpaired) electrons. The highest BCUT2D eigenvalue weighted by molar-refractivity contribution is 6.07. The summed E-state index contributed by atoms with van der Waals surface area (Å²) in [6.07, 6.45) is 0.447. The van der Waals surface area contributed by atoms with E-state index in [1.54, 1.807) is 6.07 Å².